The molecule has 0 rings (SSSR count). The highest BCUT2D eigenvalue weighted by Crippen LogP contribution is 2.21. The molecule has 0 saturated carbocycles. The molecule has 0 unspecified atom stereocenters. The van der Waals surface area contributed by atoms with E-state index in [-0.39, 0.29) is 5.41 Å². The van der Waals surface area contributed by atoms with Crippen LogP contribution in [0.5, 0.6) is 0 Å². The second-order valence-electron chi connectivity index (χ2n) is 4.53. The van der Waals surface area contributed by atoms with Crippen LogP contribution in [-0.2, 0) is 0 Å². The lowest BCUT2D eigenvalue weighted by atomic mass is 9.91. The molecule has 0 aromatic rings. The van der Waals surface area contributed by atoms with Crippen molar-refractivity contribution < 1.29 is 0 Å². The first-order valence-corrected chi connectivity index (χ1v) is 5.06. The molecule has 14 heavy (non-hydrogen) atoms. The van der Waals surface area contributed by atoms with Crippen molar-refractivity contribution in [2.75, 3.05) is 0 Å². The van der Waals surface area contributed by atoms with E-state index in [1.165, 1.54) is 11.1 Å². The fourth-order valence-electron chi connectivity index (χ4n) is 1.36. The molecule has 0 aliphatic carbocycles. The summed E-state index contributed by atoms with van der Waals surface area (Å²) in [5.74, 6) is 0. The van der Waals surface area contributed by atoms with Gasteiger partial charge in [-0.15, -0.1) is 0 Å². The van der Waals surface area contributed by atoms with Gasteiger partial charge in [0.15, 0.2) is 0 Å². The second-order valence-corrected chi connectivity index (χ2v) is 4.53. The monoisotopic (exact) mass is 190 g/mol. The Morgan fingerprint density at radius 3 is 2.14 bits per heavy atom. The van der Waals surface area contributed by atoms with Gasteiger partial charge in [-0.25, -0.2) is 0 Å². The van der Waals surface area contributed by atoms with Crippen molar-refractivity contribution in [1.29, 1.82) is 0 Å². The van der Waals surface area contributed by atoms with Crippen molar-refractivity contribution in [3.8, 4) is 0 Å². The molecule has 0 aliphatic heterocycles. The maximum absolute atomic E-state index is 3.67. The molecule has 0 fully saturated rings. The van der Waals surface area contributed by atoms with Crippen molar-refractivity contribution in [2.45, 2.75) is 34.6 Å². The van der Waals surface area contributed by atoms with Crippen LogP contribution in [0.15, 0.2) is 48.1 Å². The second kappa shape index (κ2) is 5.64. The van der Waals surface area contributed by atoms with Crippen LogP contribution in [0, 0.1) is 5.41 Å². The minimum atomic E-state index is 0.236. The highest BCUT2D eigenvalue weighted by molar-refractivity contribution is 5.39. The Kier molecular flexibility index (Phi) is 5.22. The number of rotatable bonds is 3. The van der Waals surface area contributed by atoms with Crippen molar-refractivity contribution in [3.63, 3.8) is 0 Å². The number of hydrogen-bond acceptors (Lipinski definition) is 0. The Morgan fingerprint density at radius 1 is 1.21 bits per heavy atom. The van der Waals surface area contributed by atoms with Crippen molar-refractivity contribution in [2.24, 2.45) is 5.41 Å². The van der Waals surface area contributed by atoms with Gasteiger partial charge in [-0.1, -0.05) is 57.7 Å². The maximum Gasteiger partial charge on any atom is -0.0197 e. The van der Waals surface area contributed by atoms with Crippen LogP contribution in [0.1, 0.15) is 34.6 Å². The lowest BCUT2D eigenvalue weighted by Crippen LogP contribution is -2.01. The summed E-state index contributed by atoms with van der Waals surface area (Å²) in [6.07, 6.45) is 10.3. The van der Waals surface area contributed by atoms with Gasteiger partial charge in [-0.05, 0) is 30.4 Å². The summed E-state index contributed by atoms with van der Waals surface area (Å²) in [6, 6.07) is 0. The number of hydrogen-bond donors (Lipinski definition) is 0. The van der Waals surface area contributed by atoms with E-state index in [2.05, 4.69) is 59.4 Å². The Labute approximate surface area is 88.7 Å². The molecule has 0 saturated heterocycles. The SMILES string of the molecule is C=C\C=C/C(=C\C)C(/C)=C/C(C)(C)C. The quantitative estimate of drug-likeness (QED) is 0.567. The highest BCUT2D eigenvalue weighted by Gasteiger charge is 2.06. The molecule has 0 nitrogen and oxygen atoms in total. The summed E-state index contributed by atoms with van der Waals surface area (Å²) in [5.41, 5.74) is 2.82. The summed E-state index contributed by atoms with van der Waals surface area (Å²) < 4.78 is 0. The van der Waals surface area contributed by atoms with E-state index in [0.717, 1.165) is 0 Å². The summed E-state index contributed by atoms with van der Waals surface area (Å²) in [6.45, 7) is 14.5. The van der Waals surface area contributed by atoms with E-state index in [4.69, 9.17) is 0 Å². The molecule has 0 N–H and O–H groups in total. The predicted octanol–water partition coefficient (Wildman–Crippen LogP) is 4.67. The minimum Gasteiger partial charge on any atom is -0.0991 e. The molecule has 0 aliphatic rings. The number of allylic oxidation sites excluding steroid dienone is 7. The fraction of sp³-hybridized carbons (Fsp3) is 0.429. The van der Waals surface area contributed by atoms with Gasteiger partial charge in [0.2, 0.25) is 0 Å². The lowest BCUT2D eigenvalue weighted by Gasteiger charge is -2.14. The van der Waals surface area contributed by atoms with Crippen LogP contribution in [-0.4, -0.2) is 0 Å². The zero-order chi connectivity index (χ0) is 11.2. The molecule has 0 heteroatoms. The Balaban J connectivity index is 4.81. The van der Waals surface area contributed by atoms with Crippen LogP contribution >= 0.6 is 0 Å². The zero-order valence-corrected chi connectivity index (χ0v) is 10.1. The standard InChI is InChI=1S/C14H22/c1-7-9-10-13(8-2)12(3)11-14(4,5)6/h7-11H,1H2,2-6H3/b10-9-,12-11+,13-8+. The first-order chi connectivity index (χ1) is 6.40. The zero-order valence-electron chi connectivity index (χ0n) is 10.1. The van der Waals surface area contributed by atoms with Gasteiger partial charge in [0.25, 0.3) is 0 Å². The Hall–Kier alpha value is -1.04. The molecule has 0 bridgehead atoms. The third kappa shape index (κ3) is 5.58. The Bertz CT molecular complexity index is 267. The molecule has 0 amide bonds. The largest absolute Gasteiger partial charge is 0.0991 e. The maximum atomic E-state index is 3.67. The van der Waals surface area contributed by atoms with E-state index >= 15 is 0 Å². The van der Waals surface area contributed by atoms with Gasteiger partial charge < -0.3 is 0 Å². The van der Waals surface area contributed by atoms with E-state index in [0.29, 0.717) is 0 Å². The third-order valence-electron chi connectivity index (χ3n) is 1.83. The van der Waals surface area contributed by atoms with Crippen molar-refractivity contribution in [3.05, 3.63) is 48.1 Å². The van der Waals surface area contributed by atoms with Gasteiger partial charge in [-0.3, -0.25) is 0 Å². The molecular formula is C14H22. The van der Waals surface area contributed by atoms with E-state index in [9.17, 15) is 0 Å². The van der Waals surface area contributed by atoms with Gasteiger partial charge in [0.05, 0.1) is 0 Å². The third-order valence-corrected chi connectivity index (χ3v) is 1.83. The average molecular weight is 190 g/mol. The summed E-state index contributed by atoms with van der Waals surface area (Å²) >= 11 is 0. The van der Waals surface area contributed by atoms with E-state index in [1.807, 2.05) is 6.08 Å². The predicted molar refractivity (Wildman–Crippen MR) is 66.3 cm³/mol. The fourth-order valence-corrected chi connectivity index (χ4v) is 1.36. The van der Waals surface area contributed by atoms with E-state index < -0.39 is 0 Å². The molecular weight excluding hydrogens is 168 g/mol. The first-order valence-electron chi connectivity index (χ1n) is 5.06. The van der Waals surface area contributed by atoms with E-state index in [1.54, 1.807) is 6.08 Å². The smallest absolute Gasteiger partial charge is 0.0197 e. The summed E-state index contributed by atoms with van der Waals surface area (Å²) in [7, 11) is 0. The molecule has 0 heterocycles. The summed E-state index contributed by atoms with van der Waals surface area (Å²) in [4.78, 5) is 0. The van der Waals surface area contributed by atoms with Crippen molar-refractivity contribution in [1.82, 2.24) is 0 Å². The van der Waals surface area contributed by atoms with Gasteiger partial charge in [0, 0.05) is 0 Å². The average Bonchev–Trinajstić information content (AvgIpc) is 2.02. The van der Waals surface area contributed by atoms with Gasteiger partial charge >= 0.3 is 0 Å². The topological polar surface area (TPSA) is 0 Å². The van der Waals surface area contributed by atoms with Crippen LogP contribution < -0.4 is 0 Å². The first kappa shape index (κ1) is 13.0. The van der Waals surface area contributed by atoms with Gasteiger partial charge in [-0.2, -0.15) is 0 Å². The van der Waals surface area contributed by atoms with Crippen LogP contribution in [0.25, 0.3) is 0 Å². The molecule has 0 aromatic heterocycles. The van der Waals surface area contributed by atoms with Crippen LogP contribution in [0.4, 0.5) is 0 Å². The molecule has 0 radical (unpaired) electrons. The summed E-state index contributed by atoms with van der Waals surface area (Å²) in [5, 5.41) is 0. The van der Waals surface area contributed by atoms with Crippen LogP contribution in [0.3, 0.4) is 0 Å². The van der Waals surface area contributed by atoms with Crippen LogP contribution in [0.2, 0.25) is 0 Å². The minimum absolute atomic E-state index is 0.236. The normalized spacial score (nSPS) is 14.9. The molecule has 0 atom stereocenters. The Morgan fingerprint density at radius 2 is 1.79 bits per heavy atom. The molecule has 0 spiro atoms. The van der Waals surface area contributed by atoms with Crippen molar-refractivity contribution >= 4 is 0 Å². The lowest BCUT2D eigenvalue weighted by molar-refractivity contribution is 0.541. The van der Waals surface area contributed by atoms with Gasteiger partial charge in [0.1, 0.15) is 0 Å². The molecule has 0 aromatic carbocycles. The molecule has 78 valence electrons. The highest BCUT2D eigenvalue weighted by atomic mass is 14.1.